The predicted molar refractivity (Wildman–Crippen MR) is 78.3 cm³/mol. The van der Waals surface area contributed by atoms with Crippen LogP contribution in [0.15, 0.2) is 71.6 Å². The summed E-state index contributed by atoms with van der Waals surface area (Å²) in [7, 11) is 0. The minimum absolute atomic E-state index is 0.243. The first-order chi connectivity index (χ1) is 10.3. The fourth-order valence-corrected chi connectivity index (χ4v) is 2.41. The number of aromatic nitrogens is 2. The van der Waals surface area contributed by atoms with Gasteiger partial charge in [-0.05, 0) is 48.5 Å². The van der Waals surface area contributed by atoms with Crippen molar-refractivity contribution in [2.24, 2.45) is 0 Å². The van der Waals surface area contributed by atoms with E-state index in [0.29, 0.717) is 0 Å². The average Bonchev–Trinajstić information content (AvgIpc) is 3.17. The Morgan fingerprint density at radius 1 is 1.00 bits per heavy atom. The molecule has 3 aromatic heterocycles. The normalized spacial score (nSPS) is 11.1. The summed E-state index contributed by atoms with van der Waals surface area (Å²) < 4.78 is 20.4. The molecule has 3 heterocycles. The summed E-state index contributed by atoms with van der Waals surface area (Å²) in [5.41, 5.74) is 3.65. The van der Waals surface area contributed by atoms with Crippen LogP contribution in [-0.2, 0) is 0 Å². The van der Waals surface area contributed by atoms with E-state index in [1.54, 1.807) is 24.6 Å². The topological polar surface area (TPSA) is 30.4 Å². The van der Waals surface area contributed by atoms with Crippen LogP contribution in [0, 0.1) is 5.82 Å². The maximum atomic E-state index is 13.0. The monoisotopic (exact) mass is 278 g/mol. The predicted octanol–water partition coefficient (Wildman–Crippen LogP) is 4.40. The molecular formula is C17H11FN2O. The lowest BCUT2D eigenvalue weighted by molar-refractivity contribution is 0.582. The van der Waals surface area contributed by atoms with Crippen LogP contribution in [0.25, 0.3) is 28.2 Å². The largest absolute Gasteiger partial charge is 0.464 e. The molecule has 0 aliphatic heterocycles. The van der Waals surface area contributed by atoms with Crippen LogP contribution >= 0.6 is 0 Å². The molecule has 0 spiro atoms. The van der Waals surface area contributed by atoms with Crippen LogP contribution in [0.1, 0.15) is 0 Å². The SMILES string of the molecule is Fc1ccc(-c2cnc3cc(-c4ccco4)ccn23)cc1. The molecule has 0 N–H and O–H groups in total. The van der Waals surface area contributed by atoms with Gasteiger partial charge in [-0.15, -0.1) is 0 Å². The van der Waals surface area contributed by atoms with Gasteiger partial charge in [0.15, 0.2) is 0 Å². The van der Waals surface area contributed by atoms with Gasteiger partial charge in [0.1, 0.15) is 17.2 Å². The van der Waals surface area contributed by atoms with E-state index < -0.39 is 0 Å². The van der Waals surface area contributed by atoms with Crippen molar-refractivity contribution in [3.8, 4) is 22.6 Å². The smallest absolute Gasteiger partial charge is 0.137 e. The van der Waals surface area contributed by atoms with Crippen LogP contribution in [0.4, 0.5) is 4.39 Å². The van der Waals surface area contributed by atoms with Crippen LogP contribution in [0.5, 0.6) is 0 Å². The highest BCUT2D eigenvalue weighted by atomic mass is 19.1. The maximum absolute atomic E-state index is 13.0. The summed E-state index contributed by atoms with van der Waals surface area (Å²) in [6, 6.07) is 14.1. The van der Waals surface area contributed by atoms with Gasteiger partial charge in [0.25, 0.3) is 0 Å². The molecule has 0 bridgehead atoms. The minimum Gasteiger partial charge on any atom is -0.464 e. The molecule has 0 amide bonds. The molecule has 0 saturated carbocycles. The first kappa shape index (κ1) is 11.9. The van der Waals surface area contributed by atoms with Crippen molar-refractivity contribution in [3.05, 3.63) is 73.0 Å². The third-order valence-corrected chi connectivity index (χ3v) is 3.46. The number of hydrogen-bond donors (Lipinski definition) is 0. The fourth-order valence-electron chi connectivity index (χ4n) is 2.41. The highest BCUT2D eigenvalue weighted by Gasteiger charge is 2.08. The summed E-state index contributed by atoms with van der Waals surface area (Å²) in [5, 5.41) is 0. The molecule has 102 valence electrons. The second-order valence-corrected chi connectivity index (χ2v) is 4.77. The van der Waals surface area contributed by atoms with Crippen molar-refractivity contribution in [1.82, 2.24) is 9.38 Å². The lowest BCUT2D eigenvalue weighted by atomic mass is 10.1. The van der Waals surface area contributed by atoms with Crippen LogP contribution in [0.3, 0.4) is 0 Å². The number of furan rings is 1. The number of pyridine rings is 1. The van der Waals surface area contributed by atoms with Gasteiger partial charge in [-0.3, -0.25) is 4.40 Å². The van der Waals surface area contributed by atoms with Gasteiger partial charge in [0.2, 0.25) is 0 Å². The summed E-state index contributed by atoms with van der Waals surface area (Å²) >= 11 is 0. The summed E-state index contributed by atoms with van der Waals surface area (Å²) in [5.74, 6) is 0.566. The van der Waals surface area contributed by atoms with Crippen molar-refractivity contribution in [2.75, 3.05) is 0 Å². The Kier molecular flexibility index (Phi) is 2.60. The van der Waals surface area contributed by atoms with Crippen LogP contribution in [0.2, 0.25) is 0 Å². The first-order valence-corrected chi connectivity index (χ1v) is 6.58. The summed E-state index contributed by atoms with van der Waals surface area (Å²) in [6.07, 6.45) is 5.38. The van der Waals surface area contributed by atoms with Crippen molar-refractivity contribution >= 4 is 5.65 Å². The zero-order chi connectivity index (χ0) is 14.2. The molecule has 4 rings (SSSR count). The molecule has 0 aliphatic rings. The van der Waals surface area contributed by atoms with E-state index in [-0.39, 0.29) is 5.82 Å². The fraction of sp³-hybridized carbons (Fsp3) is 0. The van der Waals surface area contributed by atoms with E-state index >= 15 is 0 Å². The minimum atomic E-state index is -0.243. The molecule has 1 aromatic carbocycles. The van der Waals surface area contributed by atoms with Gasteiger partial charge >= 0.3 is 0 Å². The highest BCUT2D eigenvalue weighted by molar-refractivity contribution is 5.68. The molecular weight excluding hydrogens is 267 g/mol. The molecule has 0 saturated heterocycles. The van der Waals surface area contributed by atoms with Crippen LogP contribution < -0.4 is 0 Å². The average molecular weight is 278 g/mol. The van der Waals surface area contributed by atoms with E-state index in [4.69, 9.17) is 4.42 Å². The lowest BCUT2D eigenvalue weighted by Gasteiger charge is -2.03. The second kappa shape index (κ2) is 4.59. The van der Waals surface area contributed by atoms with Crippen molar-refractivity contribution in [3.63, 3.8) is 0 Å². The first-order valence-electron chi connectivity index (χ1n) is 6.58. The summed E-state index contributed by atoms with van der Waals surface area (Å²) in [6.45, 7) is 0. The molecule has 3 nitrogen and oxygen atoms in total. The molecule has 0 radical (unpaired) electrons. The van der Waals surface area contributed by atoms with Crippen LogP contribution in [-0.4, -0.2) is 9.38 Å². The van der Waals surface area contributed by atoms with E-state index in [1.165, 1.54) is 12.1 Å². The Hall–Kier alpha value is -2.88. The zero-order valence-electron chi connectivity index (χ0n) is 11.0. The number of imidazole rings is 1. The Morgan fingerprint density at radius 2 is 1.86 bits per heavy atom. The Morgan fingerprint density at radius 3 is 2.62 bits per heavy atom. The van der Waals surface area contributed by atoms with Gasteiger partial charge in [-0.1, -0.05) is 0 Å². The Labute approximate surface area is 120 Å². The molecule has 4 heteroatoms. The number of hydrogen-bond acceptors (Lipinski definition) is 2. The number of benzene rings is 1. The number of nitrogens with zero attached hydrogens (tertiary/aromatic N) is 2. The quantitative estimate of drug-likeness (QED) is 0.544. The van der Waals surface area contributed by atoms with Crippen molar-refractivity contribution in [2.45, 2.75) is 0 Å². The Balaban J connectivity index is 1.84. The van der Waals surface area contributed by atoms with E-state index in [0.717, 1.165) is 28.2 Å². The van der Waals surface area contributed by atoms with E-state index in [9.17, 15) is 4.39 Å². The van der Waals surface area contributed by atoms with Gasteiger partial charge in [-0.25, -0.2) is 9.37 Å². The lowest BCUT2D eigenvalue weighted by Crippen LogP contribution is -1.89. The molecule has 21 heavy (non-hydrogen) atoms. The van der Waals surface area contributed by atoms with Gasteiger partial charge in [0, 0.05) is 17.3 Å². The third kappa shape index (κ3) is 2.01. The van der Waals surface area contributed by atoms with Crippen molar-refractivity contribution < 1.29 is 8.81 Å². The van der Waals surface area contributed by atoms with E-state index in [2.05, 4.69) is 4.98 Å². The molecule has 0 atom stereocenters. The van der Waals surface area contributed by atoms with Crippen molar-refractivity contribution in [1.29, 1.82) is 0 Å². The molecule has 0 aliphatic carbocycles. The maximum Gasteiger partial charge on any atom is 0.137 e. The number of rotatable bonds is 2. The number of halogens is 1. The third-order valence-electron chi connectivity index (χ3n) is 3.46. The molecule has 4 aromatic rings. The highest BCUT2D eigenvalue weighted by Crippen LogP contribution is 2.25. The number of fused-ring (bicyclic) bond motifs is 1. The summed E-state index contributed by atoms with van der Waals surface area (Å²) in [4.78, 5) is 4.42. The van der Waals surface area contributed by atoms with Gasteiger partial charge < -0.3 is 4.42 Å². The Bertz CT molecular complexity index is 892. The zero-order valence-corrected chi connectivity index (χ0v) is 11.0. The standard InChI is InChI=1S/C17H11FN2O/c18-14-5-3-12(4-6-14)15-11-19-17-10-13(7-8-20(15)17)16-2-1-9-21-16/h1-11H. The van der Waals surface area contributed by atoms with Gasteiger partial charge in [0.05, 0.1) is 18.2 Å². The molecule has 0 fully saturated rings. The van der Waals surface area contributed by atoms with Gasteiger partial charge in [-0.2, -0.15) is 0 Å². The molecule has 0 unspecified atom stereocenters. The second-order valence-electron chi connectivity index (χ2n) is 4.77. The van der Waals surface area contributed by atoms with E-state index in [1.807, 2.05) is 34.9 Å².